The summed E-state index contributed by atoms with van der Waals surface area (Å²) in [5.74, 6) is 0. The van der Waals surface area contributed by atoms with E-state index in [4.69, 9.17) is 0 Å². The molecule has 0 N–H and O–H groups in total. The van der Waals surface area contributed by atoms with Gasteiger partial charge in [0.2, 0.25) is 0 Å². The molecule has 8 radical (unpaired) electrons. The molecule has 0 saturated heterocycles. The molecular formula is Fe4Mn4O35P10. The van der Waals surface area contributed by atoms with E-state index in [1.165, 1.54) is 0 Å². The van der Waals surface area contributed by atoms with Crippen molar-refractivity contribution in [3.05, 3.63) is 0 Å². The van der Waals surface area contributed by atoms with Crippen LogP contribution >= 0.6 is 78.2 Å². The van der Waals surface area contributed by atoms with Crippen molar-refractivity contribution in [1.82, 2.24) is 0 Å². The maximum Gasteiger partial charge on any atom is 3.00 e. The van der Waals surface area contributed by atoms with E-state index >= 15 is 0 Å². The maximum atomic E-state index is 9.32. The van der Waals surface area contributed by atoms with Gasteiger partial charge < -0.3 is 165 Å². The van der Waals surface area contributed by atoms with E-state index < -0.39 is 78.2 Å². The van der Waals surface area contributed by atoms with Gasteiger partial charge in [-0.1, -0.05) is 0 Å². The van der Waals surface area contributed by atoms with Crippen molar-refractivity contribution in [3.63, 3.8) is 0 Å². The average molecular weight is 1310 g/mol. The van der Waals surface area contributed by atoms with Gasteiger partial charge in [-0.15, -0.1) is 0 Å². The third-order valence-electron chi connectivity index (χ3n) is 1.000. The minimum absolute atomic E-state index is 0. The Kier molecular flexibility index (Phi) is 65.0. The summed E-state index contributed by atoms with van der Waals surface area (Å²) in [6.45, 7) is 0. The van der Waals surface area contributed by atoms with Gasteiger partial charge in [0.1, 0.15) is 0 Å². The van der Waals surface area contributed by atoms with Crippen molar-refractivity contribution < 1.29 is 302 Å². The second-order valence-corrected chi connectivity index (χ2v) is 17.1. The molecule has 0 saturated carbocycles. The van der Waals surface area contributed by atoms with Crippen LogP contribution in [0.5, 0.6) is 0 Å². The van der Waals surface area contributed by atoms with Crippen LogP contribution in [-0.4, -0.2) is 0 Å². The smallest absolute Gasteiger partial charge is 0.790 e. The monoisotopic (exact) mass is 1310 g/mol. The summed E-state index contributed by atoms with van der Waals surface area (Å²) in [4.78, 5) is 186. The molecule has 0 heterocycles. The van der Waals surface area contributed by atoms with Crippen molar-refractivity contribution >= 4 is 78.2 Å². The molecule has 0 amide bonds. The Morgan fingerprint density at radius 3 is 0.226 bits per heavy atom. The van der Waals surface area contributed by atoms with Crippen molar-refractivity contribution in [1.29, 1.82) is 0 Å². The summed E-state index contributed by atoms with van der Waals surface area (Å²) in [6.07, 6.45) is 0. The minimum atomic E-state index is -5.68. The zero-order valence-electron chi connectivity index (χ0n) is 21.7. The molecule has 0 aromatic carbocycles. The van der Waals surface area contributed by atoms with E-state index in [2.05, 4.69) is 21.6 Å². The second kappa shape index (κ2) is 36.9. The summed E-state index contributed by atoms with van der Waals surface area (Å²) in [6, 6.07) is 0. The van der Waals surface area contributed by atoms with Gasteiger partial charge in [-0.25, -0.2) is 0 Å². The fraction of sp³-hybridized carbons (Fsp3) is 0. The molecule has 0 atom stereocenters. The van der Waals surface area contributed by atoms with E-state index in [0.717, 1.165) is 0 Å². The van der Waals surface area contributed by atoms with Crippen molar-refractivity contribution in [2.45, 2.75) is 0 Å². The van der Waals surface area contributed by atoms with E-state index in [-0.39, 0.29) is 137 Å². The Balaban J connectivity index is -0.0000000331. The summed E-state index contributed by atoms with van der Waals surface area (Å²) < 4.78 is 106. The van der Waals surface area contributed by atoms with Gasteiger partial charge in [0.15, 0.2) is 0 Å². The molecule has 0 rings (SSSR count). The molecule has 0 unspecified atom stereocenters. The summed E-state index contributed by atoms with van der Waals surface area (Å²) in [5.41, 5.74) is 0. The van der Waals surface area contributed by atoms with Gasteiger partial charge in [0.25, 0.3) is 0 Å². The molecule has 0 aliphatic heterocycles. The predicted molar refractivity (Wildman–Crippen MR) is 81.5 cm³/mol. The standard InChI is InChI=1S/4Fe.4Mn.5H4O7P2/c;;;;;;;;5*1-8(2,3)7-9(4,5)6/h;;;;;;;;5*(H2,1,2,3)(H2,4,5,6)/q4*+3;4*+2;;;;;/p-20. The zero-order valence-corrected chi connectivity index (χ0v) is 39.8. The molecule has 0 aromatic rings. The SMILES string of the molecule is O=P([O-])([O-])OP(=O)([O-])[O-].O=P([O-])([O-])OP(=O)([O-])[O-].O=P([O-])([O-])OP(=O)([O-])[O-].O=P([O-])([O-])OP(=O)([O-])[O-].O=P([O-])([O-])OP(=O)([O-])[O-].[Fe+3].[Fe+3].[Fe+3].[Fe+3].[Mn+2].[Mn+2].[Mn+2].[Mn+2]. The van der Waals surface area contributed by atoms with Gasteiger partial charge >= 0.3 is 137 Å². The molecule has 53 heteroatoms. The van der Waals surface area contributed by atoms with E-state index in [9.17, 15) is 144 Å². The Labute approximate surface area is 376 Å². The Morgan fingerprint density at radius 2 is 0.226 bits per heavy atom. The van der Waals surface area contributed by atoms with E-state index in [1.807, 2.05) is 0 Å². The molecule has 0 aromatic heterocycles. The van der Waals surface area contributed by atoms with Crippen LogP contribution in [0.4, 0.5) is 0 Å². The normalized spacial score (nSPS) is 11.7. The van der Waals surface area contributed by atoms with Crippen LogP contribution < -0.4 is 97.9 Å². The van der Waals surface area contributed by atoms with Crippen molar-refractivity contribution in [2.24, 2.45) is 0 Å². The molecule has 0 aliphatic carbocycles. The van der Waals surface area contributed by atoms with Crippen LogP contribution in [0.25, 0.3) is 0 Å². The van der Waals surface area contributed by atoms with Crippen molar-refractivity contribution in [2.75, 3.05) is 0 Å². The molecule has 0 fully saturated rings. The third-order valence-corrected chi connectivity index (χ3v) is 9.00. The van der Waals surface area contributed by atoms with E-state index in [0.29, 0.717) is 0 Å². The van der Waals surface area contributed by atoms with Gasteiger partial charge in [0.05, 0.1) is 78.2 Å². The summed E-state index contributed by atoms with van der Waals surface area (Å²) >= 11 is 0. The first-order chi connectivity index (χ1) is 18.5. The van der Waals surface area contributed by atoms with Crippen molar-refractivity contribution in [3.8, 4) is 0 Å². The number of hydrogen-bond donors (Lipinski definition) is 0. The van der Waals surface area contributed by atoms with Gasteiger partial charge in [-0.2, -0.15) is 0 Å². The number of rotatable bonds is 10. The fourth-order valence-corrected chi connectivity index (χ4v) is 5.51. The van der Waals surface area contributed by atoms with Gasteiger partial charge in [-0.05, 0) is 0 Å². The summed E-state index contributed by atoms with van der Waals surface area (Å²) in [5, 5.41) is 0. The van der Waals surface area contributed by atoms with Crippen LogP contribution in [0.1, 0.15) is 0 Å². The topological polar surface area (TPSA) is 678 Å². The van der Waals surface area contributed by atoms with Crippen LogP contribution in [0.3, 0.4) is 0 Å². The maximum absolute atomic E-state index is 9.32. The van der Waals surface area contributed by atoms with Crippen LogP contribution in [0.2, 0.25) is 0 Å². The van der Waals surface area contributed by atoms with Crippen LogP contribution in [0.15, 0.2) is 0 Å². The predicted octanol–water partition coefficient (Wildman–Crippen LogP) is -16.7. The van der Waals surface area contributed by atoms with Gasteiger partial charge in [0, 0.05) is 0 Å². The first-order valence-electron chi connectivity index (χ1n) is 7.30. The van der Waals surface area contributed by atoms with E-state index in [1.54, 1.807) is 0 Å². The first kappa shape index (κ1) is 93.4. The van der Waals surface area contributed by atoms with Gasteiger partial charge in [-0.3, -0.25) is 0 Å². The number of hydrogen-bond acceptors (Lipinski definition) is 35. The molecule has 320 valence electrons. The molecule has 35 nitrogen and oxygen atoms in total. The van der Waals surface area contributed by atoms with Crippen LogP contribution in [0, 0.1) is 0 Å². The zero-order chi connectivity index (χ0) is 38.5. The van der Waals surface area contributed by atoms with Crippen LogP contribution in [-0.2, 0) is 204 Å². The molecule has 0 aliphatic rings. The number of phosphoric acid groups is 10. The Hall–Kier alpha value is 5.46. The third kappa shape index (κ3) is 141. The molecular weight excluding hydrogens is 1310 g/mol. The minimum Gasteiger partial charge on any atom is -0.790 e. The molecule has 0 spiro atoms. The largest absolute Gasteiger partial charge is 3.00 e. The summed E-state index contributed by atoms with van der Waals surface area (Å²) in [7, 11) is -56.8. The molecule has 0 bridgehead atoms. The second-order valence-electron chi connectivity index (χ2n) is 4.88. The fourth-order valence-electron chi connectivity index (χ4n) is 0.612. The Morgan fingerprint density at radius 1 is 0.189 bits per heavy atom. The average Bonchev–Trinajstić information content (AvgIpc) is 2.36. The molecule has 53 heavy (non-hydrogen) atoms. The first-order valence-corrected chi connectivity index (χ1v) is 21.9. The Bertz CT molecular complexity index is 1020. The quantitative estimate of drug-likeness (QED) is 0.145.